The summed E-state index contributed by atoms with van der Waals surface area (Å²) in [6, 6.07) is -4.94. The quantitative estimate of drug-likeness (QED) is 0.0484. The highest BCUT2D eigenvalue weighted by atomic mass is 32.1. The Labute approximate surface area is 196 Å². The van der Waals surface area contributed by atoms with Crippen LogP contribution in [0.15, 0.2) is 4.99 Å². The number of nitrogens with two attached hydrogens (primary N) is 3. The maximum Gasteiger partial charge on any atom is 0.326 e. The van der Waals surface area contributed by atoms with E-state index in [0.717, 1.165) is 0 Å². The van der Waals surface area contributed by atoms with Gasteiger partial charge in [0.15, 0.2) is 5.96 Å². The number of carboxylic acids is 2. The minimum Gasteiger partial charge on any atom is -0.481 e. The molecule has 0 aromatic heterocycles. The molecule has 0 aromatic rings. The molecular weight excluding hydrogens is 458 g/mol. The number of carboxylic acid groups (broad SMARTS) is 2. The average Bonchev–Trinajstić information content (AvgIpc) is 2.70. The van der Waals surface area contributed by atoms with Gasteiger partial charge in [-0.05, 0) is 18.8 Å². The molecule has 0 spiro atoms. The third-order valence-electron chi connectivity index (χ3n) is 4.35. The summed E-state index contributed by atoms with van der Waals surface area (Å²) in [4.78, 5) is 63.2. The minimum atomic E-state index is -1.36. The number of aliphatic imine (C=N–C) groups is 1. The summed E-state index contributed by atoms with van der Waals surface area (Å²) in [6.45, 7) is 3.43. The van der Waals surface area contributed by atoms with Gasteiger partial charge in [-0.25, -0.2) is 4.79 Å². The molecule has 14 nitrogen and oxygen atoms in total. The molecule has 11 N–H and O–H groups in total. The van der Waals surface area contributed by atoms with Gasteiger partial charge < -0.3 is 43.4 Å². The van der Waals surface area contributed by atoms with Crippen molar-refractivity contribution in [1.82, 2.24) is 16.0 Å². The first-order valence-electron chi connectivity index (χ1n) is 10.1. The molecule has 33 heavy (non-hydrogen) atoms. The van der Waals surface area contributed by atoms with Gasteiger partial charge in [0.05, 0.1) is 12.5 Å². The molecule has 0 saturated heterocycles. The number of nitrogens with zero attached hydrogens (tertiary/aromatic N) is 1. The van der Waals surface area contributed by atoms with E-state index < -0.39 is 66.2 Å². The molecule has 0 rings (SSSR count). The van der Waals surface area contributed by atoms with Crippen LogP contribution < -0.4 is 33.2 Å². The van der Waals surface area contributed by atoms with Crippen molar-refractivity contribution in [3.8, 4) is 0 Å². The van der Waals surface area contributed by atoms with Gasteiger partial charge >= 0.3 is 11.9 Å². The summed E-state index contributed by atoms with van der Waals surface area (Å²) in [5.74, 6) is -5.66. The first-order valence-corrected chi connectivity index (χ1v) is 10.7. The number of hydrogen-bond donors (Lipinski definition) is 9. The standard InChI is InChI=1S/C18H33N7O7S/c1-8(2)13(25-14(28)9(19)6-12(26)27)16(30)24-11(7-33)15(29)23-10(17(31)32)4-3-5-22-18(20)21/h8-11,13,33H,3-7,19H2,1-2H3,(H,23,29)(H,24,30)(H,25,28)(H,26,27)(H,31,32)(H4,20,21,22). The smallest absolute Gasteiger partial charge is 0.326 e. The Kier molecular flexibility index (Phi) is 13.5. The average molecular weight is 492 g/mol. The van der Waals surface area contributed by atoms with E-state index in [4.69, 9.17) is 22.3 Å². The van der Waals surface area contributed by atoms with Crippen molar-refractivity contribution in [1.29, 1.82) is 0 Å². The molecule has 0 heterocycles. The normalized spacial score (nSPS) is 14.3. The summed E-state index contributed by atoms with van der Waals surface area (Å²) in [6.07, 6.45) is -0.304. The molecule has 0 radical (unpaired) electrons. The van der Waals surface area contributed by atoms with Gasteiger partial charge in [-0.3, -0.25) is 24.2 Å². The van der Waals surface area contributed by atoms with Crippen LogP contribution in [-0.4, -0.2) is 82.3 Å². The van der Waals surface area contributed by atoms with E-state index in [2.05, 4.69) is 33.6 Å². The molecule has 0 aliphatic rings. The highest BCUT2D eigenvalue weighted by Crippen LogP contribution is 2.05. The lowest BCUT2D eigenvalue weighted by atomic mass is 10.0. The molecule has 188 valence electrons. The molecule has 15 heteroatoms. The molecule has 4 unspecified atom stereocenters. The second-order valence-electron chi connectivity index (χ2n) is 7.53. The Morgan fingerprint density at radius 3 is 1.97 bits per heavy atom. The molecule has 0 aromatic carbocycles. The monoisotopic (exact) mass is 491 g/mol. The van der Waals surface area contributed by atoms with Crippen molar-refractivity contribution >= 4 is 48.2 Å². The van der Waals surface area contributed by atoms with Crippen molar-refractivity contribution in [2.45, 2.75) is 57.3 Å². The maximum absolute atomic E-state index is 12.7. The van der Waals surface area contributed by atoms with Crippen molar-refractivity contribution in [3.05, 3.63) is 0 Å². The lowest BCUT2D eigenvalue weighted by Gasteiger charge is -2.26. The zero-order valence-corrected chi connectivity index (χ0v) is 19.4. The Morgan fingerprint density at radius 1 is 0.939 bits per heavy atom. The number of carbonyl (C=O) groups excluding carboxylic acids is 3. The Morgan fingerprint density at radius 2 is 1.52 bits per heavy atom. The van der Waals surface area contributed by atoms with Gasteiger partial charge in [0, 0.05) is 12.3 Å². The predicted molar refractivity (Wildman–Crippen MR) is 122 cm³/mol. The van der Waals surface area contributed by atoms with Gasteiger partial charge in [0.1, 0.15) is 18.1 Å². The van der Waals surface area contributed by atoms with E-state index in [0.29, 0.717) is 0 Å². The Hall–Kier alpha value is -3.07. The third kappa shape index (κ3) is 11.9. The zero-order valence-electron chi connectivity index (χ0n) is 18.5. The highest BCUT2D eigenvalue weighted by Gasteiger charge is 2.31. The summed E-state index contributed by atoms with van der Waals surface area (Å²) in [5, 5.41) is 25.2. The fourth-order valence-electron chi connectivity index (χ4n) is 2.56. The van der Waals surface area contributed by atoms with Crippen LogP contribution in [0.1, 0.15) is 33.1 Å². The number of amides is 3. The summed E-state index contributed by atoms with van der Waals surface area (Å²) < 4.78 is 0. The second kappa shape index (κ2) is 14.9. The zero-order chi connectivity index (χ0) is 25.7. The van der Waals surface area contributed by atoms with E-state index >= 15 is 0 Å². The lowest BCUT2D eigenvalue weighted by Crippen LogP contribution is -2.59. The van der Waals surface area contributed by atoms with Gasteiger partial charge in [-0.2, -0.15) is 12.6 Å². The molecule has 3 amide bonds. The number of aliphatic carboxylic acids is 2. The van der Waals surface area contributed by atoms with Crippen LogP contribution in [0.3, 0.4) is 0 Å². The third-order valence-corrected chi connectivity index (χ3v) is 4.72. The minimum absolute atomic E-state index is 0.0389. The van der Waals surface area contributed by atoms with Crippen LogP contribution in [0, 0.1) is 5.92 Å². The molecule has 0 aliphatic heterocycles. The van der Waals surface area contributed by atoms with E-state index in [1.54, 1.807) is 13.8 Å². The Bertz CT molecular complexity index is 744. The molecule has 0 aliphatic carbocycles. The number of thiol groups is 1. The number of guanidine groups is 1. The van der Waals surface area contributed by atoms with Crippen LogP contribution >= 0.6 is 12.6 Å². The SMILES string of the molecule is CC(C)C(NC(=O)C(N)CC(=O)O)C(=O)NC(CS)C(=O)NC(CCCN=C(N)N)C(=O)O. The fourth-order valence-corrected chi connectivity index (χ4v) is 2.82. The van der Waals surface area contributed by atoms with E-state index in [9.17, 15) is 29.1 Å². The van der Waals surface area contributed by atoms with Crippen LogP contribution in [0.5, 0.6) is 0 Å². The van der Waals surface area contributed by atoms with Crippen LogP contribution in [-0.2, 0) is 24.0 Å². The molecule has 4 atom stereocenters. The predicted octanol–water partition coefficient (Wildman–Crippen LogP) is -3.03. The highest BCUT2D eigenvalue weighted by molar-refractivity contribution is 7.80. The van der Waals surface area contributed by atoms with E-state index in [-0.39, 0.29) is 31.1 Å². The molecule has 0 saturated carbocycles. The Balaban J connectivity index is 5.13. The number of hydrogen-bond acceptors (Lipinski definition) is 8. The topological polar surface area (TPSA) is 252 Å². The molecule has 0 bridgehead atoms. The number of rotatable bonds is 15. The van der Waals surface area contributed by atoms with Gasteiger partial charge in [0.25, 0.3) is 0 Å². The number of carbonyl (C=O) groups is 5. The lowest BCUT2D eigenvalue weighted by molar-refractivity contribution is -0.142. The second-order valence-corrected chi connectivity index (χ2v) is 7.89. The van der Waals surface area contributed by atoms with E-state index in [1.165, 1.54) is 0 Å². The van der Waals surface area contributed by atoms with Crippen molar-refractivity contribution in [3.63, 3.8) is 0 Å². The molecule has 0 fully saturated rings. The van der Waals surface area contributed by atoms with Gasteiger partial charge in [-0.15, -0.1) is 0 Å². The number of nitrogens with one attached hydrogen (secondary N) is 3. The van der Waals surface area contributed by atoms with Crippen LogP contribution in [0.25, 0.3) is 0 Å². The fraction of sp³-hybridized carbons (Fsp3) is 0.667. The van der Waals surface area contributed by atoms with Crippen molar-refractivity contribution < 1.29 is 34.2 Å². The first-order chi connectivity index (χ1) is 15.3. The first kappa shape index (κ1) is 29.9. The largest absolute Gasteiger partial charge is 0.481 e. The summed E-state index contributed by atoms with van der Waals surface area (Å²) in [5.41, 5.74) is 15.9. The van der Waals surface area contributed by atoms with Gasteiger partial charge in [0.2, 0.25) is 17.7 Å². The van der Waals surface area contributed by atoms with Crippen LogP contribution in [0.2, 0.25) is 0 Å². The van der Waals surface area contributed by atoms with E-state index in [1.807, 2.05) is 0 Å². The summed E-state index contributed by atoms with van der Waals surface area (Å²) >= 11 is 4.03. The van der Waals surface area contributed by atoms with Crippen LogP contribution in [0.4, 0.5) is 0 Å². The van der Waals surface area contributed by atoms with Crippen molar-refractivity contribution in [2.24, 2.45) is 28.1 Å². The summed E-state index contributed by atoms with van der Waals surface area (Å²) in [7, 11) is 0. The maximum atomic E-state index is 12.7. The van der Waals surface area contributed by atoms with Crippen molar-refractivity contribution in [2.75, 3.05) is 12.3 Å². The van der Waals surface area contributed by atoms with Gasteiger partial charge in [-0.1, -0.05) is 13.8 Å². The molecular formula is C18H33N7O7S.